The van der Waals surface area contributed by atoms with Crippen LogP contribution in [0.15, 0.2) is 29.8 Å². The van der Waals surface area contributed by atoms with Gasteiger partial charge in [-0.05, 0) is 55.9 Å². The highest BCUT2D eigenvalue weighted by molar-refractivity contribution is 7.80. The van der Waals surface area contributed by atoms with Crippen LogP contribution in [0.1, 0.15) is 17.0 Å². The number of aryl methyl sites for hydroxylation is 1. The Morgan fingerprint density at radius 1 is 1.19 bits per heavy atom. The minimum atomic E-state index is -0.552. The van der Waals surface area contributed by atoms with Gasteiger partial charge in [0.05, 0.1) is 15.7 Å². The molecule has 0 unspecified atom stereocenters. The lowest BCUT2D eigenvalue weighted by Gasteiger charge is -2.29. The van der Waals surface area contributed by atoms with Crippen LogP contribution in [0.2, 0.25) is 10.0 Å². The second-order valence-corrected chi connectivity index (χ2v) is 7.09. The summed E-state index contributed by atoms with van der Waals surface area (Å²) in [5.41, 5.74) is 3.04. The normalized spacial score (nSPS) is 16.4. The molecule has 1 N–H and O–H groups in total. The van der Waals surface area contributed by atoms with Gasteiger partial charge < -0.3 is 4.57 Å². The SMILES string of the molecule is Cc1cc(/C=C2/C(=O)NC(=S)N(c3cccc(Cl)c3Cl)C2=O)c(C)n1C. The van der Waals surface area contributed by atoms with E-state index in [1.807, 2.05) is 31.5 Å². The second-order valence-electron chi connectivity index (χ2n) is 5.92. The quantitative estimate of drug-likeness (QED) is 0.468. The van der Waals surface area contributed by atoms with Gasteiger partial charge in [-0.3, -0.25) is 19.8 Å². The molecule has 134 valence electrons. The Bertz CT molecular complexity index is 995. The average Bonchev–Trinajstić information content (AvgIpc) is 2.82. The molecule has 1 fully saturated rings. The van der Waals surface area contributed by atoms with Crippen molar-refractivity contribution in [2.75, 3.05) is 4.90 Å². The number of carbonyl (C=O) groups excluding carboxylic acids is 2. The van der Waals surface area contributed by atoms with E-state index in [0.717, 1.165) is 17.0 Å². The third-order valence-electron chi connectivity index (χ3n) is 4.39. The van der Waals surface area contributed by atoms with Crippen molar-refractivity contribution in [1.29, 1.82) is 0 Å². The van der Waals surface area contributed by atoms with Crippen molar-refractivity contribution in [2.24, 2.45) is 7.05 Å². The van der Waals surface area contributed by atoms with E-state index in [9.17, 15) is 9.59 Å². The van der Waals surface area contributed by atoms with Gasteiger partial charge in [0.2, 0.25) is 0 Å². The number of anilines is 1. The van der Waals surface area contributed by atoms with E-state index < -0.39 is 11.8 Å². The molecule has 0 bridgehead atoms. The first-order chi connectivity index (χ1) is 12.2. The molecule has 0 atom stereocenters. The Balaban J connectivity index is 2.10. The molecule has 2 aromatic rings. The number of hydrogen-bond acceptors (Lipinski definition) is 3. The standard InChI is InChI=1S/C18H15Cl2N3O2S/c1-9-7-11(10(2)22(9)3)8-12-16(24)21-18(26)23(17(12)25)14-6-4-5-13(19)15(14)20/h4-8H,1-3H3,(H,21,24,26)/b12-8-. The molecule has 0 saturated carbocycles. The zero-order chi connectivity index (χ0) is 19.2. The van der Waals surface area contributed by atoms with Crippen molar-refractivity contribution in [3.05, 3.63) is 56.8 Å². The summed E-state index contributed by atoms with van der Waals surface area (Å²) in [5, 5.41) is 2.97. The molecule has 1 saturated heterocycles. The monoisotopic (exact) mass is 407 g/mol. The molecular formula is C18H15Cl2N3O2S. The molecule has 1 aromatic carbocycles. The number of nitrogens with zero attached hydrogens (tertiary/aromatic N) is 2. The van der Waals surface area contributed by atoms with Gasteiger partial charge in [0.1, 0.15) is 5.57 Å². The van der Waals surface area contributed by atoms with E-state index in [-0.39, 0.29) is 20.7 Å². The van der Waals surface area contributed by atoms with Crippen LogP contribution in [0.3, 0.4) is 0 Å². The number of rotatable bonds is 2. The number of nitrogens with one attached hydrogen (secondary N) is 1. The zero-order valence-electron chi connectivity index (χ0n) is 14.3. The molecule has 2 amide bonds. The van der Waals surface area contributed by atoms with Gasteiger partial charge in [0.25, 0.3) is 11.8 Å². The van der Waals surface area contributed by atoms with Crippen molar-refractivity contribution >= 4 is 64.1 Å². The number of aromatic nitrogens is 1. The van der Waals surface area contributed by atoms with Crippen LogP contribution in [0.4, 0.5) is 5.69 Å². The Kier molecular flexibility index (Phi) is 4.92. The summed E-state index contributed by atoms with van der Waals surface area (Å²) >= 11 is 17.5. The zero-order valence-corrected chi connectivity index (χ0v) is 16.6. The fourth-order valence-electron chi connectivity index (χ4n) is 2.73. The van der Waals surface area contributed by atoms with Crippen LogP contribution in [0.25, 0.3) is 6.08 Å². The van der Waals surface area contributed by atoms with Crippen LogP contribution in [0, 0.1) is 13.8 Å². The van der Waals surface area contributed by atoms with Gasteiger partial charge in [-0.15, -0.1) is 0 Å². The van der Waals surface area contributed by atoms with E-state index in [1.165, 1.54) is 4.90 Å². The van der Waals surface area contributed by atoms with Gasteiger partial charge in [-0.2, -0.15) is 0 Å². The summed E-state index contributed by atoms with van der Waals surface area (Å²) in [5.74, 6) is -1.10. The van der Waals surface area contributed by atoms with Crippen LogP contribution in [0.5, 0.6) is 0 Å². The van der Waals surface area contributed by atoms with E-state index in [4.69, 9.17) is 35.4 Å². The summed E-state index contributed by atoms with van der Waals surface area (Å²) in [6, 6.07) is 6.79. The number of thiocarbonyl (C=S) groups is 1. The van der Waals surface area contributed by atoms with Crippen molar-refractivity contribution in [1.82, 2.24) is 9.88 Å². The molecule has 0 aliphatic carbocycles. The summed E-state index contributed by atoms with van der Waals surface area (Å²) in [4.78, 5) is 26.6. The maximum atomic E-state index is 13.0. The number of benzene rings is 1. The Morgan fingerprint density at radius 3 is 2.50 bits per heavy atom. The van der Waals surface area contributed by atoms with Gasteiger partial charge in [0, 0.05) is 18.4 Å². The molecule has 0 radical (unpaired) electrons. The van der Waals surface area contributed by atoms with Gasteiger partial charge >= 0.3 is 0 Å². The summed E-state index contributed by atoms with van der Waals surface area (Å²) in [7, 11) is 1.92. The van der Waals surface area contributed by atoms with Crippen molar-refractivity contribution in [3.8, 4) is 0 Å². The van der Waals surface area contributed by atoms with E-state index >= 15 is 0 Å². The highest BCUT2D eigenvalue weighted by Gasteiger charge is 2.35. The second kappa shape index (κ2) is 6.87. The van der Waals surface area contributed by atoms with Crippen LogP contribution in [-0.2, 0) is 16.6 Å². The molecular weight excluding hydrogens is 393 g/mol. The van der Waals surface area contributed by atoms with Crippen molar-refractivity contribution < 1.29 is 9.59 Å². The number of amides is 2. The first-order valence-electron chi connectivity index (χ1n) is 7.70. The maximum absolute atomic E-state index is 13.0. The largest absolute Gasteiger partial charge is 0.352 e. The molecule has 8 heteroatoms. The lowest BCUT2D eigenvalue weighted by Crippen LogP contribution is -2.54. The lowest BCUT2D eigenvalue weighted by molar-refractivity contribution is -0.122. The fraction of sp³-hybridized carbons (Fsp3) is 0.167. The van der Waals surface area contributed by atoms with Crippen molar-refractivity contribution in [2.45, 2.75) is 13.8 Å². The molecule has 2 heterocycles. The fourth-order valence-corrected chi connectivity index (χ4v) is 3.38. The first-order valence-corrected chi connectivity index (χ1v) is 8.87. The minimum absolute atomic E-state index is 0.0247. The Hall–Kier alpha value is -2.15. The smallest absolute Gasteiger partial charge is 0.270 e. The average molecular weight is 408 g/mol. The minimum Gasteiger partial charge on any atom is -0.352 e. The third-order valence-corrected chi connectivity index (χ3v) is 5.48. The highest BCUT2D eigenvalue weighted by atomic mass is 35.5. The Morgan fingerprint density at radius 2 is 1.88 bits per heavy atom. The van der Waals surface area contributed by atoms with Gasteiger partial charge in [0.15, 0.2) is 5.11 Å². The summed E-state index contributed by atoms with van der Waals surface area (Å²) < 4.78 is 1.98. The predicted molar refractivity (Wildman–Crippen MR) is 108 cm³/mol. The molecule has 5 nitrogen and oxygen atoms in total. The van der Waals surface area contributed by atoms with E-state index in [1.54, 1.807) is 24.3 Å². The van der Waals surface area contributed by atoms with Crippen LogP contribution in [-0.4, -0.2) is 21.5 Å². The number of hydrogen-bond donors (Lipinski definition) is 1. The molecule has 1 aliphatic rings. The molecule has 1 aliphatic heterocycles. The van der Waals surface area contributed by atoms with Gasteiger partial charge in [-0.1, -0.05) is 29.3 Å². The first kappa shape index (κ1) is 18.6. The number of carbonyl (C=O) groups is 2. The van der Waals surface area contributed by atoms with Crippen LogP contribution < -0.4 is 10.2 Å². The van der Waals surface area contributed by atoms with Crippen LogP contribution >= 0.6 is 35.4 Å². The predicted octanol–water partition coefficient (Wildman–Crippen LogP) is 3.78. The highest BCUT2D eigenvalue weighted by Crippen LogP contribution is 2.34. The molecule has 1 aromatic heterocycles. The molecule has 26 heavy (non-hydrogen) atoms. The number of halogens is 2. The van der Waals surface area contributed by atoms with Gasteiger partial charge in [-0.25, -0.2) is 0 Å². The van der Waals surface area contributed by atoms with E-state index in [2.05, 4.69) is 5.32 Å². The lowest BCUT2D eigenvalue weighted by atomic mass is 10.1. The maximum Gasteiger partial charge on any atom is 0.270 e. The molecule has 3 rings (SSSR count). The molecule has 0 spiro atoms. The van der Waals surface area contributed by atoms with E-state index in [0.29, 0.717) is 5.69 Å². The topological polar surface area (TPSA) is 54.3 Å². The van der Waals surface area contributed by atoms with Crippen molar-refractivity contribution in [3.63, 3.8) is 0 Å². The summed E-state index contributed by atoms with van der Waals surface area (Å²) in [6.45, 7) is 3.87. The summed E-state index contributed by atoms with van der Waals surface area (Å²) in [6.07, 6.45) is 1.56. The Labute approximate surface area is 166 Å². The third kappa shape index (κ3) is 3.05.